The summed E-state index contributed by atoms with van der Waals surface area (Å²) in [4.78, 5) is 25.3. The molecule has 0 saturated carbocycles. The van der Waals surface area contributed by atoms with E-state index in [9.17, 15) is 9.59 Å². The van der Waals surface area contributed by atoms with Gasteiger partial charge in [-0.2, -0.15) is 0 Å². The summed E-state index contributed by atoms with van der Waals surface area (Å²) in [5.41, 5.74) is 0. The maximum absolute atomic E-state index is 11.6. The van der Waals surface area contributed by atoms with Crippen LogP contribution in [0, 0.1) is 5.92 Å². The molecule has 15 heavy (non-hydrogen) atoms. The Hall–Kier alpha value is -1.26. The van der Waals surface area contributed by atoms with Crippen LogP contribution in [0.15, 0.2) is 0 Å². The second-order valence-electron chi connectivity index (χ2n) is 4.38. The van der Waals surface area contributed by atoms with Crippen LogP contribution >= 0.6 is 0 Å². The van der Waals surface area contributed by atoms with Crippen LogP contribution in [0.3, 0.4) is 0 Å². The van der Waals surface area contributed by atoms with Gasteiger partial charge in [-0.15, -0.1) is 0 Å². The fourth-order valence-corrected chi connectivity index (χ4v) is 1.61. The second-order valence-corrected chi connectivity index (χ2v) is 4.38. The van der Waals surface area contributed by atoms with Crippen molar-refractivity contribution < 1.29 is 14.7 Å². The minimum atomic E-state index is -0.933. The molecule has 1 aliphatic heterocycles. The zero-order valence-corrected chi connectivity index (χ0v) is 9.43. The van der Waals surface area contributed by atoms with Gasteiger partial charge in [0, 0.05) is 13.6 Å². The molecule has 1 fully saturated rings. The third-order valence-electron chi connectivity index (χ3n) is 2.69. The molecule has 0 spiro atoms. The molecule has 1 aliphatic rings. The molecule has 0 bridgehead atoms. The lowest BCUT2D eigenvalue weighted by atomic mass is 10.1. The molecular weight excluding hydrogens is 196 g/mol. The molecule has 1 atom stereocenters. The van der Waals surface area contributed by atoms with E-state index in [0.29, 0.717) is 19.0 Å². The first kappa shape index (κ1) is 11.8. The number of aliphatic carboxylic acids is 1. The van der Waals surface area contributed by atoms with Gasteiger partial charge >= 0.3 is 12.0 Å². The van der Waals surface area contributed by atoms with Gasteiger partial charge in [-0.1, -0.05) is 13.8 Å². The number of carbonyl (C=O) groups is 2. The lowest BCUT2D eigenvalue weighted by Gasteiger charge is -2.16. The summed E-state index contributed by atoms with van der Waals surface area (Å²) in [6.07, 6.45) is 0.909. The SMILES string of the molecule is CC(C)CCN1CC(C(=O)O)N(C)C1=O. The zero-order chi connectivity index (χ0) is 11.6. The number of carboxylic acids is 1. The Balaban J connectivity index is 2.55. The minimum Gasteiger partial charge on any atom is -0.480 e. The van der Waals surface area contributed by atoms with Gasteiger partial charge in [0.05, 0.1) is 6.54 Å². The average molecular weight is 214 g/mol. The Morgan fingerprint density at radius 1 is 1.60 bits per heavy atom. The van der Waals surface area contributed by atoms with Gasteiger partial charge in [-0.3, -0.25) is 0 Å². The van der Waals surface area contributed by atoms with Crippen LogP contribution in [0.2, 0.25) is 0 Å². The number of carboxylic acid groups (broad SMARTS) is 1. The number of rotatable bonds is 4. The van der Waals surface area contributed by atoms with Crippen molar-refractivity contribution in [3.63, 3.8) is 0 Å². The second kappa shape index (κ2) is 4.51. The molecule has 0 radical (unpaired) electrons. The molecule has 86 valence electrons. The fourth-order valence-electron chi connectivity index (χ4n) is 1.61. The highest BCUT2D eigenvalue weighted by Gasteiger charge is 2.38. The number of likely N-dealkylation sites (N-methyl/N-ethyl adjacent to an activating group) is 1. The van der Waals surface area contributed by atoms with Crippen LogP contribution < -0.4 is 0 Å². The molecule has 0 aromatic heterocycles. The molecule has 1 N–H and O–H groups in total. The molecule has 5 heteroatoms. The van der Waals surface area contributed by atoms with Crippen LogP contribution in [0.5, 0.6) is 0 Å². The van der Waals surface area contributed by atoms with Gasteiger partial charge in [0.15, 0.2) is 0 Å². The van der Waals surface area contributed by atoms with Crippen LogP contribution in [0.4, 0.5) is 4.79 Å². The van der Waals surface area contributed by atoms with Crippen molar-refractivity contribution in [2.45, 2.75) is 26.3 Å². The number of hydrogen-bond donors (Lipinski definition) is 1. The minimum absolute atomic E-state index is 0.178. The van der Waals surface area contributed by atoms with Gasteiger partial charge in [-0.25, -0.2) is 9.59 Å². The number of amides is 2. The summed E-state index contributed by atoms with van der Waals surface area (Å²) >= 11 is 0. The molecule has 0 aromatic rings. The van der Waals surface area contributed by atoms with E-state index in [4.69, 9.17) is 5.11 Å². The Morgan fingerprint density at radius 2 is 2.20 bits per heavy atom. The van der Waals surface area contributed by atoms with Crippen molar-refractivity contribution in [2.24, 2.45) is 5.92 Å². The lowest BCUT2D eigenvalue weighted by molar-refractivity contribution is -0.140. The van der Waals surface area contributed by atoms with Gasteiger partial charge < -0.3 is 14.9 Å². The van der Waals surface area contributed by atoms with E-state index in [1.165, 1.54) is 11.9 Å². The zero-order valence-electron chi connectivity index (χ0n) is 9.43. The largest absolute Gasteiger partial charge is 0.480 e. The van der Waals surface area contributed by atoms with Gasteiger partial charge in [-0.05, 0) is 12.3 Å². The van der Waals surface area contributed by atoms with E-state index < -0.39 is 12.0 Å². The molecular formula is C10H18N2O3. The Morgan fingerprint density at radius 3 is 2.60 bits per heavy atom. The molecule has 1 saturated heterocycles. The highest BCUT2D eigenvalue weighted by atomic mass is 16.4. The van der Waals surface area contributed by atoms with Gasteiger partial charge in [0.1, 0.15) is 6.04 Å². The maximum atomic E-state index is 11.6. The van der Waals surface area contributed by atoms with E-state index >= 15 is 0 Å². The number of nitrogens with zero attached hydrogens (tertiary/aromatic N) is 2. The standard InChI is InChI=1S/C10H18N2O3/c1-7(2)4-5-12-6-8(9(13)14)11(3)10(12)15/h7-8H,4-6H2,1-3H3,(H,13,14). The van der Waals surface area contributed by atoms with E-state index in [-0.39, 0.29) is 6.03 Å². The summed E-state index contributed by atoms with van der Waals surface area (Å²) < 4.78 is 0. The molecule has 1 unspecified atom stereocenters. The van der Waals surface area contributed by atoms with Gasteiger partial charge in [0.2, 0.25) is 0 Å². The molecule has 5 nitrogen and oxygen atoms in total. The van der Waals surface area contributed by atoms with Crippen molar-refractivity contribution in [3.8, 4) is 0 Å². The molecule has 0 aromatic carbocycles. The van der Waals surface area contributed by atoms with Crippen LogP contribution in [0.25, 0.3) is 0 Å². The fraction of sp³-hybridized carbons (Fsp3) is 0.800. The average Bonchev–Trinajstić information content (AvgIpc) is 2.41. The van der Waals surface area contributed by atoms with Crippen molar-refractivity contribution in [1.29, 1.82) is 0 Å². The molecule has 0 aliphatic carbocycles. The summed E-state index contributed by atoms with van der Waals surface area (Å²) in [6.45, 7) is 5.11. The predicted molar refractivity (Wildman–Crippen MR) is 55.6 cm³/mol. The Kier molecular flexibility index (Phi) is 3.55. The number of hydrogen-bond acceptors (Lipinski definition) is 2. The monoisotopic (exact) mass is 214 g/mol. The molecule has 2 amide bonds. The van der Waals surface area contributed by atoms with E-state index in [1.807, 2.05) is 0 Å². The van der Waals surface area contributed by atoms with Crippen LogP contribution in [0.1, 0.15) is 20.3 Å². The van der Waals surface area contributed by atoms with Crippen LogP contribution in [-0.4, -0.2) is 53.1 Å². The molecule has 1 rings (SSSR count). The van der Waals surface area contributed by atoms with Gasteiger partial charge in [0.25, 0.3) is 0 Å². The smallest absolute Gasteiger partial charge is 0.328 e. The third kappa shape index (κ3) is 2.61. The maximum Gasteiger partial charge on any atom is 0.328 e. The first-order valence-electron chi connectivity index (χ1n) is 5.18. The predicted octanol–water partition coefficient (Wildman–Crippen LogP) is 0.853. The lowest BCUT2D eigenvalue weighted by Crippen LogP contribution is -2.36. The number of urea groups is 1. The van der Waals surface area contributed by atoms with E-state index in [0.717, 1.165) is 6.42 Å². The van der Waals surface area contributed by atoms with E-state index in [2.05, 4.69) is 13.8 Å². The Labute approximate surface area is 89.7 Å². The van der Waals surface area contributed by atoms with Crippen LogP contribution in [-0.2, 0) is 4.79 Å². The van der Waals surface area contributed by atoms with Crippen molar-refractivity contribution in [1.82, 2.24) is 9.80 Å². The third-order valence-corrected chi connectivity index (χ3v) is 2.69. The first-order chi connectivity index (χ1) is 6.93. The quantitative estimate of drug-likeness (QED) is 0.754. The van der Waals surface area contributed by atoms with Crippen molar-refractivity contribution in [2.75, 3.05) is 20.1 Å². The van der Waals surface area contributed by atoms with Crippen molar-refractivity contribution >= 4 is 12.0 Å². The highest BCUT2D eigenvalue weighted by Crippen LogP contribution is 2.15. The number of carbonyl (C=O) groups excluding carboxylic acids is 1. The van der Waals surface area contributed by atoms with Crippen molar-refractivity contribution in [3.05, 3.63) is 0 Å². The summed E-state index contributed by atoms with van der Waals surface area (Å²) in [7, 11) is 1.54. The topological polar surface area (TPSA) is 60.9 Å². The normalized spacial score (nSPS) is 21.6. The summed E-state index contributed by atoms with van der Waals surface area (Å²) in [5.74, 6) is -0.412. The highest BCUT2D eigenvalue weighted by molar-refractivity contribution is 5.86. The Bertz CT molecular complexity index is 265. The van der Waals surface area contributed by atoms with E-state index in [1.54, 1.807) is 4.90 Å². The summed E-state index contributed by atoms with van der Waals surface area (Å²) in [6, 6.07) is -0.868. The summed E-state index contributed by atoms with van der Waals surface area (Å²) in [5, 5.41) is 8.88. The first-order valence-corrected chi connectivity index (χ1v) is 5.18. The molecule has 1 heterocycles.